The first-order valence-corrected chi connectivity index (χ1v) is 14.3. The van der Waals surface area contributed by atoms with Gasteiger partial charge in [0.25, 0.3) is 11.8 Å². The van der Waals surface area contributed by atoms with Gasteiger partial charge in [0.05, 0.1) is 46.4 Å². The van der Waals surface area contributed by atoms with E-state index in [4.69, 9.17) is 28.3 Å². The highest BCUT2D eigenvalue weighted by molar-refractivity contribution is 6.36. The summed E-state index contributed by atoms with van der Waals surface area (Å²) < 4.78 is 0. The number of aromatic nitrogens is 2. The van der Waals surface area contributed by atoms with Gasteiger partial charge in [-0.3, -0.25) is 19.6 Å². The molecule has 45 heavy (non-hydrogen) atoms. The van der Waals surface area contributed by atoms with Gasteiger partial charge in [-0.25, -0.2) is 14.5 Å². The topological polar surface area (TPSA) is 148 Å². The minimum absolute atomic E-state index is 0.0345. The molecular formula is C32H22Cl2N6O5. The number of halogens is 2. The molecule has 1 N–H and O–H groups in total. The van der Waals surface area contributed by atoms with E-state index in [2.05, 4.69) is 16.0 Å². The summed E-state index contributed by atoms with van der Waals surface area (Å²) in [6, 6.07) is 18.7. The number of anilines is 1. The first-order chi connectivity index (χ1) is 21.5. The van der Waals surface area contributed by atoms with Crippen LogP contribution >= 0.6 is 23.2 Å². The molecule has 0 unspecified atom stereocenters. The third-order valence-electron chi connectivity index (χ3n) is 8.18. The number of hydrogen-bond acceptors (Lipinski definition) is 7. The lowest BCUT2D eigenvalue weighted by atomic mass is 9.80. The number of urea groups is 1. The number of carboxylic acid groups (broad SMARTS) is 1. The number of nitriles is 1. The first-order valence-electron chi connectivity index (χ1n) is 13.6. The summed E-state index contributed by atoms with van der Waals surface area (Å²) in [7, 11) is 1.52. The van der Waals surface area contributed by atoms with Gasteiger partial charge >= 0.3 is 12.0 Å². The van der Waals surface area contributed by atoms with Gasteiger partial charge in [-0.1, -0.05) is 35.3 Å². The fourth-order valence-corrected chi connectivity index (χ4v) is 6.40. The Morgan fingerprint density at radius 2 is 1.53 bits per heavy atom. The monoisotopic (exact) mass is 640 g/mol. The number of nitrogens with zero attached hydrogens (tertiary/aromatic N) is 6. The van der Waals surface area contributed by atoms with E-state index in [0.29, 0.717) is 22.5 Å². The van der Waals surface area contributed by atoms with Crippen LogP contribution in [0.15, 0.2) is 79.1 Å². The minimum atomic E-state index is -1.47. The highest BCUT2D eigenvalue weighted by Gasteiger charge is 2.65. The van der Waals surface area contributed by atoms with Crippen molar-refractivity contribution in [3.63, 3.8) is 0 Å². The summed E-state index contributed by atoms with van der Waals surface area (Å²) in [6.07, 6.45) is 2.61. The molecule has 11 nitrogen and oxygen atoms in total. The van der Waals surface area contributed by atoms with E-state index < -0.39 is 35.3 Å². The predicted molar refractivity (Wildman–Crippen MR) is 164 cm³/mol. The number of carboxylic acids is 1. The van der Waals surface area contributed by atoms with E-state index in [9.17, 15) is 24.4 Å². The number of benzene rings is 2. The fraction of sp³-hybridized carbons (Fsp3) is 0.156. The molecule has 2 fully saturated rings. The van der Waals surface area contributed by atoms with E-state index in [0.717, 1.165) is 4.90 Å². The van der Waals surface area contributed by atoms with Crippen LogP contribution in [0.25, 0.3) is 11.4 Å². The Balaban J connectivity index is 1.35. The maximum atomic E-state index is 14.4. The van der Waals surface area contributed by atoms with Gasteiger partial charge in [0.1, 0.15) is 5.54 Å². The van der Waals surface area contributed by atoms with Gasteiger partial charge in [0.15, 0.2) is 0 Å². The number of imide groups is 1. The normalized spacial score (nSPS) is 19.3. The van der Waals surface area contributed by atoms with Crippen LogP contribution in [-0.4, -0.2) is 74.4 Å². The highest BCUT2D eigenvalue weighted by Crippen LogP contribution is 2.47. The molecule has 4 heterocycles. The Labute approximate surface area is 266 Å². The van der Waals surface area contributed by atoms with Gasteiger partial charge < -0.3 is 14.9 Å². The average Bonchev–Trinajstić information content (AvgIpc) is 3.53. The molecule has 2 aromatic heterocycles. The standard InChI is InChI=1S/C32H22Cl2N6O5/c1-38-31(45)40(24-11-22(33)10-23(34)12-24)30(44)32(38)17-39(16-25(32)19-4-2-18(13-35)3-5-19)28(41)20-6-8-26(36-14-20)27-9-7-21(15-37-27)29(42)43/h2-12,14-15,25H,16-17H2,1H3,(H,42,43)/t25-,32+/m0/s1. The average molecular weight is 641 g/mol. The predicted octanol–water partition coefficient (Wildman–Crippen LogP) is 5.10. The fourth-order valence-electron chi connectivity index (χ4n) is 5.89. The third kappa shape index (κ3) is 5.04. The van der Waals surface area contributed by atoms with Crippen molar-refractivity contribution in [3.05, 3.63) is 111 Å². The van der Waals surface area contributed by atoms with Crippen molar-refractivity contribution in [2.45, 2.75) is 11.5 Å². The summed E-state index contributed by atoms with van der Waals surface area (Å²) in [5, 5.41) is 18.9. The highest BCUT2D eigenvalue weighted by atomic mass is 35.5. The van der Waals surface area contributed by atoms with Gasteiger partial charge in [0.2, 0.25) is 0 Å². The van der Waals surface area contributed by atoms with Crippen LogP contribution in [0.2, 0.25) is 10.0 Å². The first kappa shape index (κ1) is 29.7. The molecule has 2 saturated heterocycles. The number of carbonyl (C=O) groups excluding carboxylic acids is 3. The molecular weight excluding hydrogens is 619 g/mol. The Bertz CT molecular complexity index is 1890. The maximum Gasteiger partial charge on any atom is 0.337 e. The molecule has 2 aromatic carbocycles. The third-order valence-corrected chi connectivity index (χ3v) is 8.62. The minimum Gasteiger partial charge on any atom is -0.478 e. The van der Waals surface area contributed by atoms with E-state index in [-0.39, 0.29) is 39.9 Å². The van der Waals surface area contributed by atoms with Crippen molar-refractivity contribution in [2.24, 2.45) is 0 Å². The SMILES string of the molecule is CN1C(=O)N(c2cc(Cl)cc(Cl)c2)C(=O)[C@]12CN(C(=O)c1ccc(-c3ccc(C(=O)O)cn3)nc1)C[C@H]2c1ccc(C#N)cc1. The second-order valence-corrected chi connectivity index (χ2v) is 11.5. The van der Waals surface area contributed by atoms with Crippen molar-refractivity contribution in [3.8, 4) is 17.5 Å². The van der Waals surface area contributed by atoms with Gasteiger partial charge in [-0.2, -0.15) is 5.26 Å². The summed E-state index contributed by atoms with van der Waals surface area (Å²) in [5.74, 6) is -2.68. The maximum absolute atomic E-state index is 14.4. The van der Waals surface area contributed by atoms with Crippen LogP contribution in [-0.2, 0) is 4.79 Å². The molecule has 0 bridgehead atoms. The van der Waals surface area contributed by atoms with Crippen LogP contribution < -0.4 is 4.90 Å². The molecule has 0 saturated carbocycles. The second kappa shape index (κ2) is 11.3. The Hall–Kier alpha value is -5.31. The number of amides is 4. The second-order valence-electron chi connectivity index (χ2n) is 10.7. The van der Waals surface area contributed by atoms with Crippen LogP contribution in [0, 0.1) is 11.3 Å². The summed E-state index contributed by atoms with van der Waals surface area (Å²) in [6.45, 7) is -0.0134. The molecule has 0 radical (unpaired) electrons. The molecule has 6 rings (SSSR count). The summed E-state index contributed by atoms with van der Waals surface area (Å²) >= 11 is 12.4. The van der Waals surface area contributed by atoms with Crippen molar-refractivity contribution in [2.75, 3.05) is 25.0 Å². The Morgan fingerprint density at radius 1 is 0.933 bits per heavy atom. The Kier molecular flexibility index (Phi) is 7.48. The number of rotatable bonds is 5. The van der Waals surface area contributed by atoms with Crippen LogP contribution in [0.3, 0.4) is 0 Å². The summed E-state index contributed by atoms with van der Waals surface area (Å²) in [5.41, 5.74) is 0.976. The van der Waals surface area contributed by atoms with E-state index >= 15 is 0 Å². The number of likely N-dealkylation sites (N-methyl/N-ethyl adjacent to an activating group) is 1. The quantitative estimate of drug-likeness (QED) is 0.296. The van der Waals surface area contributed by atoms with Gasteiger partial charge in [0, 0.05) is 41.9 Å². The van der Waals surface area contributed by atoms with Crippen LogP contribution in [0.1, 0.15) is 37.8 Å². The molecule has 2 aliphatic rings. The number of hydrogen-bond donors (Lipinski definition) is 1. The number of carbonyl (C=O) groups is 4. The largest absolute Gasteiger partial charge is 0.478 e. The lowest BCUT2D eigenvalue weighted by Gasteiger charge is -2.33. The number of likely N-dealkylation sites (tertiary alicyclic amines) is 1. The summed E-state index contributed by atoms with van der Waals surface area (Å²) in [4.78, 5) is 65.5. The zero-order chi connectivity index (χ0) is 32.0. The van der Waals surface area contributed by atoms with Crippen molar-refractivity contribution in [1.29, 1.82) is 5.26 Å². The molecule has 4 amide bonds. The molecule has 2 atom stereocenters. The molecule has 4 aromatic rings. The lowest BCUT2D eigenvalue weighted by Crippen LogP contribution is -2.54. The zero-order valence-electron chi connectivity index (χ0n) is 23.5. The van der Waals surface area contributed by atoms with Gasteiger partial charge in [-0.05, 0) is 60.2 Å². The van der Waals surface area contributed by atoms with Crippen LogP contribution in [0.5, 0.6) is 0 Å². The molecule has 224 valence electrons. The van der Waals surface area contributed by atoms with E-state index in [1.54, 1.807) is 36.4 Å². The lowest BCUT2D eigenvalue weighted by molar-refractivity contribution is -0.124. The zero-order valence-corrected chi connectivity index (χ0v) is 25.0. The van der Waals surface area contributed by atoms with E-state index in [1.807, 2.05) is 0 Å². The molecule has 0 aliphatic carbocycles. The molecule has 13 heteroatoms. The van der Waals surface area contributed by atoms with Crippen molar-refractivity contribution < 1.29 is 24.3 Å². The van der Waals surface area contributed by atoms with Crippen molar-refractivity contribution in [1.82, 2.24) is 19.8 Å². The van der Waals surface area contributed by atoms with E-state index in [1.165, 1.54) is 59.6 Å². The smallest absolute Gasteiger partial charge is 0.337 e. The Morgan fingerprint density at radius 3 is 2.07 bits per heavy atom. The molecule has 2 aliphatic heterocycles. The number of pyridine rings is 2. The van der Waals surface area contributed by atoms with Crippen LogP contribution in [0.4, 0.5) is 10.5 Å². The molecule has 1 spiro atoms. The number of aromatic carboxylic acids is 1. The van der Waals surface area contributed by atoms with Crippen molar-refractivity contribution >= 4 is 52.7 Å². The van der Waals surface area contributed by atoms with Gasteiger partial charge in [-0.15, -0.1) is 0 Å².